The lowest BCUT2D eigenvalue weighted by Crippen LogP contribution is -2.15. The standard InChI is InChI=1S/C11H16Br2N4O/c1-7(4-5-14)2-3-9(18)17-11-10(13)16-8(12)6-15-11/h6-7H,2-5,14H2,1H3,(H,15,17,18). The summed E-state index contributed by atoms with van der Waals surface area (Å²) in [6.45, 7) is 2.75. The molecule has 1 atom stereocenters. The molecule has 1 amide bonds. The van der Waals surface area contributed by atoms with Gasteiger partial charge in [0.15, 0.2) is 5.82 Å². The van der Waals surface area contributed by atoms with Crippen molar-refractivity contribution in [3.05, 3.63) is 15.4 Å². The number of anilines is 1. The molecule has 100 valence electrons. The van der Waals surface area contributed by atoms with E-state index in [0.717, 1.165) is 12.8 Å². The van der Waals surface area contributed by atoms with E-state index in [2.05, 4.69) is 54.1 Å². The normalized spacial score (nSPS) is 12.2. The van der Waals surface area contributed by atoms with Gasteiger partial charge in [-0.15, -0.1) is 0 Å². The summed E-state index contributed by atoms with van der Waals surface area (Å²) in [7, 11) is 0. The number of rotatable bonds is 6. The van der Waals surface area contributed by atoms with Gasteiger partial charge in [-0.05, 0) is 57.2 Å². The molecule has 0 aliphatic rings. The maximum absolute atomic E-state index is 11.7. The molecule has 1 heterocycles. The van der Waals surface area contributed by atoms with Gasteiger partial charge in [0.05, 0.1) is 6.20 Å². The molecule has 0 aliphatic heterocycles. The molecule has 18 heavy (non-hydrogen) atoms. The molecule has 3 N–H and O–H groups in total. The van der Waals surface area contributed by atoms with Crippen LogP contribution >= 0.6 is 31.9 Å². The minimum absolute atomic E-state index is 0.0591. The molecule has 0 radical (unpaired) electrons. The molecule has 1 aromatic heterocycles. The summed E-state index contributed by atoms with van der Waals surface area (Å²) in [5.41, 5.74) is 5.46. The summed E-state index contributed by atoms with van der Waals surface area (Å²) in [5, 5.41) is 2.72. The van der Waals surface area contributed by atoms with E-state index in [4.69, 9.17) is 5.73 Å². The average Bonchev–Trinajstić information content (AvgIpc) is 2.31. The van der Waals surface area contributed by atoms with Crippen LogP contribution in [0.2, 0.25) is 0 Å². The van der Waals surface area contributed by atoms with Crippen LogP contribution < -0.4 is 11.1 Å². The second kappa shape index (κ2) is 7.81. The number of hydrogen-bond acceptors (Lipinski definition) is 4. The fourth-order valence-corrected chi connectivity index (χ4v) is 2.34. The van der Waals surface area contributed by atoms with Crippen LogP contribution in [0.3, 0.4) is 0 Å². The Hall–Kier alpha value is -0.530. The fraction of sp³-hybridized carbons (Fsp3) is 0.545. The molecular weight excluding hydrogens is 364 g/mol. The first-order chi connectivity index (χ1) is 8.52. The zero-order chi connectivity index (χ0) is 13.5. The highest BCUT2D eigenvalue weighted by Gasteiger charge is 2.10. The second-order valence-corrected chi connectivity index (χ2v) is 5.67. The third kappa shape index (κ3) is 5.41. The van der Waals surface area contributed by atoms with Gasteiger partial charge >= 0.3 is 0 Å². The topological polar surface area (TPSA) is 80.9 Å². The van der Waals surface area contributed by atoms with Gasteiger partial charge < -0.3 is 11.1 Å². The molecule has 1 unspecified atom stereocenters. The highest BCUT2D eigenvalue weighted by Crippen LogP contribution is 2.20. The summed E-state index contributed by atoms with van der Waals surface area (Å²) in [6, 6.07) is 0. The van der Waals surface area contributed by atoms with E-state index < -0.39 is 0 Å². The first kappa shape index (κ1) is 15.5. The zero-order valence-corrected chi connectivity index (χ0v) is 13.3. The number of hydrogen-bond donors (Lipinski definition) is 2. The Morgan fingerprint density at radius 1 is 1.50 bits per heavy atom. The lowest BCUT2D eigenvalue weighted by Gasteiger charge is -2.10. The van der Waals surface area contributed by atoms with Gasteiger partial charge in [-0.3, -0.25) is 4.79 Å². The average molecular weight is 380 g/mol. The van der Waals surface area contributed by atoms with E-state index in [1.54, 1.807) is 0 Å². The van der Waals surface area contributed by atoms with Crippen LogP contribution in [-0.4, -0.2) is 22.4 Å². The van der Waals surface area contributed by atoms with Crippen LogP contribution in [0.25, 0.3) is 0 Å². The zero-order valence-electron chi connectivity index (χ0n) is 10.1. The molecule has 7 heteroatoms. The molecule has 0 fully saturated rings. The van der Waals surface area contributed by atoms with Crippen LogP contribution in [0.4, 0.5) is 5.82 Å². The maximum atomic E-state index is 11.7. The third-order valence-electron chi connectivity index (χ3n) is 2.48. The molecular formula is C11H16Br2N4O. The monoisotopic (exact) mass is 378 g/mol. The molecule has 1 aromatic rings. The van der Waals surface area contributed by atoms with Gasteiger partial charge in [-0.25, -0.2) is 9.97 Å². The third-order valence-corrected chi connectivity index (χ3v) is 3.42. The molecule has 0 saturated heterocycles. The van der Waals surface area contributed by atoms with Crippen molar-refractivity contribution in [3.8, 4) is 0 Å². The van der Waals surface area contributed by atoms with Crippen LogP contribution in [0.5, 0.6) is 0 Å². The molecule has 5 nitrogen and oxygen atoms in total. The van der Waals surface area contributed by atoms with Crippen LogP contribution in [-0.2, 0) is 4.79 Å². The smallest absolute Gasteiger partial charge is 0.225 e. The SMILES string of the molecule is CC(CCN)CCC(=O)Nc1ncc(Br)nc1Br. The quantitative estimate of drug-likeness (QED) is 0.796. The maximum Gasteiger partial charge on any atom is 0.225 e. The van der Waals surface area contributed by atoms with Crippen molar-refractivity contribution >= 4 is 43.6 Å². The molecule has 1 rings (SSSR count). The summed E-state index contributed by atoms with van der Waals surface area (Å²) in [5.74, 6) is 0.839. The number of nitrogens with two attached hydrogens (primary N) is 1. The minimum atomic E-state index is -0.0591. The first-order valence-corrected chi connectivity index (χ1v) is 7.29. The second-order valence-electron chi connectivity index (χ2n) is 4.10. The fourth-order valence-electron chi connectivity index (χ4n) is 1.43. The largest absolute Gasteiger partial charge is 0.330 e. The van der Waals surface area contributed by atoms with E-state index in [0.29, 0.717) is 33.9 Å². The number of amides is 1. The Kier molecular flexibility index (Phi) is 6.73. The van der Waals surface area contributed by atoms with E-state index in [-0.39, 0.29) is 5.91 Å². The summed E-state index contributed by atoms with van der Waals surface area (Å²) < 4.78 is 1.13. The lowest BCUT2D eigenvalue weighted by molar-refractivity contribution is -0.116. The van der Waals surface area contributed by atoms with Gasteiger partial charge in [0, 0.05) is 6.42 Å². The summed E-state index contributed by atoms with van der Waals surface area (Å²) >= 11 is 6.45. The predicted octanol–water partition coefficient (Wildman–Crippen LogP) is 2.71. The lowest BCUT2D eigenvalue weighted by atomic mass is 10.0. The Morgan fingerprint density at radius 3 is 2.83 bits per heavy atom. The van der Waals surface area contributed by atoms with Gasteiger partial charge in [0.1, 0.15) is 9.21 Å². The van der Waals surface area contributed by atoms with Crippen molar-refractivity contribution in [2.75, 3.05) is 11.9 Å². The number of carbonyl (C=O) groups is 1. The number of halogens is 2. The number of aromatic nitrogens is 2. The Balaban J connectivity index is 2.44. The van der Waals surface area contributed by atoms with E-state index >= 15 is 0 Å². The first-order valence-electron chi connectivity index (χ1n) is 5.71. The van der Waals surface area contributed by atoms with Gasteiger partial charge in [0.25, 0.3) is 0 Å². The van der Waals surface area contributed by atoms with Gasteiger partial charge in [-0.2, -0.15) is 0 Å². The van der Waals surface area contributed by atoms with E-state index in [1.807, 2.05) is 0 Å². The highest BCUT2D eigenvalue weighted by atomic mass is 79.9. The van der Waals surface area contributed by atoms with Gasteiger partial charge in [-0.1, -0.05) is 6.92 Å². The van der Waals surface area contributed by atoms with Gasteiger partial charge in [0.2, 0.25) is 5.91 Å². The molecule has 0 spiro atoms. The van der Waals surface area contributed by atoms with Crippen molar-refractivity contribution in [1.82, 2.24) is 9.97 Å². The number of nitrogens with one attached hydrogen (secondary N) is 1. The molecule has 0 bridgehead atoms. The molecule has 0 aliphatic carbocycles. The molecule has 0 aromatic carbocycles. The van der Waals surface area contributed by atoms with E-state index in [9.17, 15) is 4.79 Å². The Bertz CT molecular complexity index is 414. The van der Waals surface area contributed by atoms with Crippen molar-refractivity contribution in [3.63, 3.8) is 0 Å². The highest BCUT2D eigenvalue weighted by molar-refractivity contribution is 9.11. The number of carbonyl (C=O) groups excluding carboxylic acids is 1. The van der Waals surface area contributed by atoms with Crippen molar-refractivity contribution < 1.29 is 4.79 Å². The van der Waals surface area contributed by atoms with E-state index in [1.165, 1.54) is 6.20 Å². The number of nitrogens with zero attached hydrogens (tertiary/aromatic N) is 2. The minimum Gasteiger partial charge on any atom is -0.330 e. The van der Waals surface area contributed by atoms with Crippen LogP contribution in [0.1, 0.15) is 26.2 Å². The predicted molar refractivity (Wildman–Crippen MR) is 78.1 cm³/mol. The Morgan fingerprint density at radius 2 is 2.22 bits per heavy atom. The Labute approximate surface area is 123 Å². The van der Waals surface area contributed by atoms with Crippen molar-refractivity contribution in [2.45, 2.75) is 26.2 Å². The van der Waals surface area contributed by atoms with Crippen molar-refractivity contribution in [1.29, 1.82) is 0 Å². The molecule has 0 saturated carbocycles. The summed E-state index contributed by atoms with van der Waals surface area (Å²) in [4.78, 5) is 19.9. The van der Waals surface area contributed by atoms with Crippen LogP contribution in [0.15, 0.2) is 15.4 Å². The summed E-state index contributed by atoms with van der Waals surface area (Å²) in [6.07, 6.45) is 3.77. The van der Waals surface area contributed by atoms with Crippen LogP contribution in [0, 0.1) is 5.92 Å². The van der Waals surface area contributed by atoms with Crippen molar-refractivity contribution in [2.24, 2.45) is 11.7 Å².